The van der Waals surface area contributed by atoms with Crippen molar-refractivity contribution in [3.8, 4) is 5.75 Å². The van der Waals surface area contributed by atoms with E-state index in [1.807, 2.05) is 24.3 Å². The number of ether oxygens (including phenoxy) is 2. The van der Waals surface area contributed by atoms with Gasteiger partial charge in [-0.05, 0) is 18.2 Å². The molecule has 0 atom stereocenters. The van der Waals surface area contributed by atoms with E-state index < -0.39 is 0 Å². The second-order valence-electron chi connectivity index (χ2n) is 4.79. The van der Waals surface area contributed by atoms with Crippen LogP contribution in [0.4, 0.5) is 10.1 Å². The van der Waals surface area contributed by atoms with E-state index in [4.69, 9.17) is 15.2 Å². The van der Waals surface area contributed by atoms with Crippen LogP contribution in [0.1, 0.15) is 5.56 Å². The SMILES string of the molecule is COCc1ccccc1NC(N)=NCCOc1cccc(F)c1. The molecule has 0 bridgehead atoms. The van der Waals surface area contributed by atoms with Gasteiger partial charge in [-0.2, -0.15) is 0 Å². The van der Waals surface area contributed by atoms with Crippen molar-refractivity contribution in [1.29, 1.82) is 0 Å². The summed E-state index contributed by atoms with van der Waals surface area (Å²) in [5, 5.41) is 3.04. The van der Waals surface area contributed by atoms with Gasteiger partial charge in [0.15, 0.2) is 5.96 Å². The number of rotatable bonds is 7. The molecule has 2 rings (SSSR count). The first-order valence-corrected chi connectivity index (χ1v) is 7.21. The number of nitrogens with one attached hydrogen (secondary N) is 1. The van der Waals surface area contributed by atoms with E-state index in [0.717, 1.165) is 11.3 Å². The third-order valence-corrected chi connectivity index (χ3v) is 3.02. The van der Waals surface area contributed by atoms with Crippen LogP contribution in [0.3, 0.4) is 0 Å². The van der Waals surface area contributed by atoms with Crippen LogP contribution in [0, 0.1) is 5.82 Å². The third kappa shape index (κ3) is 5.60. The third-order valence-electron chi connectivity index (χ3n) is 3.02. The molecule has 122 valence electrons. The summed E-state index contributed by atoms with van der Waals surface area (Å²) in [5.41, 5.74) is 7.70. The number of methoxy groups -OCH3 is 1. The van der Waals surface area contributed by atoms with E-state index in [0.29, 0.717) is 25.5 Å². The molecule has 0 aliphatic rings. The number of nitrogens with two attached hydrogens (primary N) is 1. The zero-order valence-electron chi connectivity index (χ0n) is 13.0. The van der Waals surface area contributed by atoms with Gasteiger partial charge in [0, 0.05) is 24.4 Å². The monoisotopic (exact) mass is 317 g/mol. The van der Waals surface area contributed by atoms with Crippen molar-refractivity contribution >= 4 is 11.6 Å². The number of nitrogens with zero attached hydrogens (tertiary/aromatic N) is 1. The zero-order valence-corrected chi connectivity index (χ0v) is 13.0. The number of halogens is 1. The molecule has 0 aliphatic heterocycles. The minimum absolute atomic E-state index is 0.288. The van der Waals surface area contributed by atoms with Crippen LogP contribution in [0.15, 0.2) is 53.5 Å². The molecule has 2 aromatic rings. The second kappa shape index (κ2) is 8.75. The Kier molecular flexibility index (Phi) is 6.38. The number of anilines is 1. The van der Waals surface area contributed by atoms with Gasteiger partial charge in [0.2, 0.25) is 0 Å². The van der Waals surface area contributed by atoms with Crippen molar-refractivity contribution < 1.29 is 13.9 Å². The smallest absolute Gasteiger partial charge is 0.193 e. The largest absolute Gasteiger partial charge is 0.492 e. The van der Waals surface area contributed by atoms with Crippen LogP contribution in [0.2, 0.25) is 0 Å². The number of para-hydroxylation sites is 1. The van der Waals surface area contributed by atoms with Crippen LogP contribution < -0.4 is 15.8 Å². The Morgan fingerprint density at radius 1 is 1.22 bits per heavy atom. The molecule has 0 aromatic heterocycles. The van der Waals surface area contributed by atoms with Gasteiger partial charge in [-0.1, -0.05) is 24.3 Å². The standard InChI is InChI=1S/C17H20FN3O2/c1-22-12-13-5-2-3-8-16(13)21-17(19)20-9-10-23-15-7-4-6-14(18)11-15/h2-8,11H,9-10,12H2,1H3,(H3,19,20,21). The number of guanidine groups is 1. The van der Waals surface area contributed by atoms with Gasteiger partial charge in [0.25, 0.3) is 0 Å². The lowest BCUT2D eigenvalue weighted by Crippen LogP contribution is -2.24. The lowest BCUT2D eigenvalue weighted by atomic mass is 10.2. The Hall–Kier alpha value is -2.60. The first-order chi connectivity index (χ1) is 11.2. The highest BCUT2D eigenvalue weighted by molar-refractivity contribution is 5.92. The summed E-state index contributed by atoms with van der Waals surface area (Å²) in [6, 6.07) is 13.7. The molecule has 5 nitrogen and oxygen atoms in total. The molecule has 0 saturated carbocycles. The number of hydrogen-bond donors (Lipinski definition) is 2. The highest BCUT2D eigenvalue weighted by Crippen LogP contribution is 2.15. The molecule has 0 saturated heterocycles. The summed E-state index contributed by atoms with van der Waals surface area (Å²) in [6.45, 7) is 1.16. The molecular weight excluding hydrogens is 297 g/mol. The van der Waals surface area contributed by atoms with E-state index >= 15 is 0 Å². The van der Waals surface area contributed by atoms with Gasteiger partial charge >= 0.3 is 0 Å². The fourth-order valence-corrected chi connectivity index (χ4v) is 1.99. The van der Waals surface area contributed by atoms with Crippen LogP contribution in [-0.2, 0) is 11.3 Å². The molecule has 0 aliphatic carbocycles. The van der Waals surface area contributed by atoms with Crippen molar-refractivity contribution in [2.24, 2.45) is 10.7 Å². The molecule has 6 heteroatoms. The van der Waals surface area contributed by atoms with E-state index in [2.05, 4.69) is 10.3 Å². The predicted molar refractivity (Wildman–Crippen MR) is 89.2 cm³/mol. The molecular formula is C17H20FN3O2. The summed E-state index contributed by atoms with van der Waals surface area (Å²) < 4.78 is 23.5. The molecule has 0 radical (unpaired) electrons. The Labute approximate surface area is 134 Å². The lowest BCUT2D eigenvalue weighted by Gasteiger charge is -2.11. The quantitative estimate of drug-likeness (QED) is 0.468. The molecule has 0 heterocycles. The average Bonchev–Trinajstić information content (AvgIpc) is 2.54. The number of aliphatic imine (C=N–C) groups is 1. The highest BCUT2D eigenvalue weighted by Gasteiger charge is 2.02. The summed E-state index contributed by atoms with van der Waals surface area (Å²) in [4.78, 5) is 4.18. The molecule has 3 N–H and O–H groups in total. The van der Waals surface area contributed by atoms with Gasteiger partial charge in [0.05, 0.1) is 13.2 Å². The Bertz CT molecular complexity index is 662. The highest BCUT2D eigenvalue weighted by atomic mass is 19.1. The fourth-order valence-electron chi connectivity index (χ4n) is 1.99. The molecule has 0 spiro atoms. The normalized spacial score (nSPS) is 11.3. The first kappa shape index (κ1) is 16.8. The minimum Gasteiger partial charge on any atom is -0.492 e. The zero-order chi connectivity index (χ0) is 16.5. The predicted octanol–water partition coefficient (Wildman–Crippen LogP) is 2.78. The minimum atomic E-state index is -0.332. The molecule has 0 fully saturated rings. The maximum absolute atomic E-state index is 13.0. The van der Waals surface area contributed by atoms with Gasteiger partial charge < -0.3 is 20.5 Å². The van der Waals surface area contributed by atoms with E-state index in [1.165, 1.54) is 12.1 Å². The molecule has 2 aromatic carbocycles. The molecule has 0 amide bonds. The summed E-state index contributed by atoms with van der Waals surface area (Å²) in [7, 11) is 1.64. The average molecular weight is 317 g/mol. The van der Waals surface area contributed by atoms with Gasteiger partial charge in [-0.25, -0.2) is 9.38 Å². The Morgan fingerprint density at radius 3 is 2.83 bits per heavy atom. The molecule has 0 unspecified atom stereocenters. The van der Waals surface area contributed by atoms with Crippen molar-refractivity contribution in [3.05, 3.63) is 59.9 Å². The topological polar surface area (TPSA) is 68.9 Å². The van der Waals surface area contributed by atoms with Crippen LogP contribution in [-0.4, -0.2) is 26.2 Å². The van der Waals surface area contributed by atoms with E-state index in [-0.39, 0.29) is 11.8 Å². The van der Waals surface area contributed by atoms with E-state index in [9.17, 15) is 4.39 Å². The Balaban J connectivity index is 1.84. The summed E-state index contributed by atoms with van der Waals surface area (Å²) >= 11 is 0. The maximum Gasteiger partial charge on any atom is 0.193 e. The van der Waals surface area contributed by atoms with Crippen molar-refractivity contribution in [1.82, 2.24) is 0 Å². The van der Waals surface area contributed by atoms with Crippen molar-refractivity contribution in [2.45, 2.75) is 6.61 Å². The second-order valence-corrected chi connectivity index (χ2v) is 4.79. The van der Waals surface area contributed by atoms with Gasteiger partial charge in [-0.3, -0.25) is 0 Å². The van der Waals surface area contributed by atoms with Gasteiger partial charge in [0.1, 0.15) is 18.2 Å². The Morgan fingerprint density at radius 2 is 2.04 bits per heavy atom. The maximum atomic E-state index is 13.0. The van der Waals surface area contributed by atoms with Crippen molar-refractivity contribution in [2.75, 3.05) is 25.6 Å². The van der Waals surface area contributed by atoms with Crippen LogP contribution in [0.25, 0.3) is 0 Å². The summed E-state index contributed by atoms with van der Waals surface area (Å²) in [6.07, 6.45) is 0. The van der Waals surface area contributed by atoms with E-state index in [1.54, 1.807) is 19.2 Å². The summed E-state index contributed by atoms with van der Waals surface area (Å²) in [5.74, 6) is 0.426. The van der Waals surface area contributed by atoms with Crippen LogP contribution >= 0.6 is 0 Å². The van der Waals surface area contributed by atoms with Crippen molar-refractivity contribution in [3.63, 3.8) is 0 Å². The first-order valence-electron chi connectivity index (χ1n) is 7.21. The fraction of sp³-hybridized carbons (Fsp3) is 0.235. The van der Waals surface area contributed by atoms with Crippen LogP contribution in [0.5, 0.6) is 5.75 Å². The number of hydrogen-bond acceptors (Lipinski definition) is 3. The number of benzene rings is 2. The van der Waals surface area contributed by atoms with Gasteiger partial charge in [-0.15, -0.1) is 0 Å². The lowest BCUT2D eigenvalue weighted by molar-refractivity contribution is 0.185. The molecule has 23 heavy (non-hydrogen) atoms.